The molecule has 56 heavy (non-hydrogen) atoms. The molecule has 0 atom stereocenters. The fraction of sp³-hybridized carbons (Fsp3) is 0. The molecule has 8 bridgehead atoms. The second-order valence-corrected chi connectivity index (χ2v) is 11.6. The third-order valence-corrected chi connectivity index (χ3v) is 8.81. The number of aromatic nitrogens is 8. The van der Waals surface area contributed by atoms with E-state index < -0.39 is 68.2 Å². The molecule has 3 aromatic heterocycles. The number of carbonyl (C=O) groups is 4. The third kappa shape index (κ3) is 6.16. The van der Waals surface area contributed by atoms with Gasteiger partial charge in [0.2, 0.25) is 0 Å². The summed E-state index contributed by atoms with van der Waals surface area (Å²) in [6.45, 7) is 0. The molecule has 2 aliphatic rings. The summed E-state index contributed by atoms with van der Waals surface area (Å²) in [5, 5.41) is 50.3. The van der Waals surface area contributed by atoms with Crippen LogP contribution in [0.25, 0.3) is 89.7 Å². The van der Waals surface area contributed by atoms with Gasteiger partial charge in [-0.25, -0.2) is 29.9 Å². The van der Waals surface area contributed by atoms with Crippen LogP contribution in [0, 0.1) is 0 Å². The summed E-state index contributed by atoms with van der Waals surface area (Å²) in [5.74, 6) is -8.77. The number of carboxylic acids is 4. The molecule has 0 saturated heterocycles. The zero-order valence-corrected chi connectivity index (χ0v) is 32.1. The zero-order valence-electron chi connectivity index (χ0n) is 27.3. The first kappa shape index (κ1) is 38.2. The Balaban J connectivity index is 0.00000117. The molecule has 0 amide bonds. The third-order valence-electron chi connectivity index (χ3n) is 8.81. The average Bonchev–Trinajstić information content (AvgIpc) is 3.94. The summed E-state index contributed by atoms with van der Waals surface area (Å²) in [6, 6.07) is 21.0. The molecule has 0 fully saturated rings. The average molecular weight is 963 g/mol. The van der Waals surface area contributed by atoms with Crippen LogP contribution in [0.1, 0.15) is 41.4 Å². The number of nitrogens with zero attached hydrogens (tertiary/aromatic N) is 6. The SMILES string of the molecule is O=C([O-])c1c(C(=O)[O-])c(C(=O)[O-])c2c3nc4nc(nc5[nH]c(nc6nc(nc([nH]3)c2c1C(=O)[O-])-c1ccccc1-6)c1ccccc51)-c1ccccc1-4.[Cl][Rh+2].[Cl][Rh+2]. The molecule has 2 aliphatic heterocycles. The number of H-pyrrole nitrogens is 2. The number of hydrogen-bond donors (Lipinski definition) is 2. The number of nitrogens with one attached hydrogen (secondary N) is 2. The van der Waals surface area contributed by atoms with E-state index in [0.717, 1.165) is 0 Å². The zero-order chi connectivity index (χ0) is 40.0. The summed E-state index contributed by atoms with van der Waals surface area (Å²) in [5.41, 5.74) is -3.81. The van der Waals surface area contributed by atoms with Crippen LogP contribution < -0.4 is 20.4 Å². The van der Waals surface area contributed by atoms with Crippen LogP contribution in [0.5, 0.6) is 0 Å². The maximum atomic E-state index is 12.7. The van der Waals surface area contributed by atoms with Gasteiger partial charge in [0.05, 0.1) is 23.9 Å². The van der Waals surface area contributed by atoms with Gasteiger partial charge in [-0.2, -0.15) is 0 Å². The van der Waals surface area contributed by atoms with Crippen molar-refractivity contribution in [3.8, 4) is 45.6 Å². The minimum absolute atomic E-state index is 0.0469. The molecule has 0 spiro atoms. The van der Waals surface area contributed by atoms with E-state index in [1.165, 1.54) is 0 Å². The molecule has 7 aromatic rings. The Morgan fingerprint density at radius 1 is 0.411 bits per heavy atom. The number of halogens is 2. The molecule has 0 radical (unpaired) electrons. The molecule has 9 rings (SSSR count). The molecule has 0 saturated carbocycles. The molecule has 278 valence electrons. The van der Waals surface area contributed by atoms with Crippen molar-refractivity contribution in [3.63, 3.8) is 0 Å². The van der Waals surface area contributed by atoms with Crippen molar-refractivity contribution < 1.29 is 74.2 Å². The Bertz CT molecular complexity index is 2830. The van der Waals surface area contributed by atoms with Crippen LogP contribution in [0.4, 0.5) is 0 Å². The van der Waals surface area contributed by atoms with Crippen molar-refractivity contribution >= 4 is 87.4 Å². The second kappa shape index (κ2) is 15.2. The fourth-order valence-electron chi connectivity index (χ4n) is 6.72. The molecule has 0 unspecified atom stereocenters. The maximum absolute atomic E-state index is 12.7. The number of aromatic amines is 2. The van der Waals surface area contributed by atoms with Gasteiger partial charge in [0.25, 0.3) is 0 Å². The topological polar surface area (TPSA) is 269 Å². The Hall–Kier alpha value is -6.05. The fourth-order valence-corrected chi connectivity index (χ4v) is 6.72. The first-order valence-electron chi connectivity index (χ1n) is 15.6. The first-order chi connectivity index (χ1) is 27.1. The van der Waals surface area contributed by atoms with Gasteiger partial charge in [0.1, 0.15) is 22.6 Å². The number of hydrogen-bond acceptors (Lipinski definition) is 14. The van der Waals surface area contributed by atoms with E-state index in [-0.39, 0.29) is 23.3 Å². The van der Waals surface area contributed by atoms with E-state index in [9.17, 15) is 39.6 Å². The van der Waals surface area contributed by atoms with E-state index in [4.69, 9.17) is 9.97 Å². The van der Waals surface area contributed by atoms with Crippen LogP contribution in [-0.2, 0) is 34.6 Å². The number of carboxylic acid groups (broad SMARTS) is 4. The minimum atomic E-state index is -2.34. The van der Waals surface area contributed by atoms with Crippen LogP contribution >= 0.6 is 19.4 Å². The van der Waals surface area contributed by atoms with E-state index in [0.29, 0.717) is 44.3 Å². The number of fused-ring (bicyclic) bond motifs is 20. The molecule has 4 aromatic carbocycles. The molecular formula is C36H14Cl2N8O8Rh2. The van der Waals surface area contributed by atoms with Gasteiger partial charge in [0.15, 0.2) is 23.3 Å². The Kier molecular flexibility index (Phi) is 10.4. The van der Waals surface area contributed by atoms with Crippen LogP contribution in [-0.4, -0.2) is 63.7 Å². The van der Waals surface area contributed by atoms with Gasteiger partial charge in [-0.1, -0.05) is 72.8 Å². The van der Waals surface area contributed by atoms with Gasteiger partial charge in [-0.05, 0) is 0 Å². The first-order valence-corrected chi connectivity index (χ1v) is 19.8. The Morgan fingerprint density at radius 3 is 0.982 bits per heavy atom. The summed E-state index contributed by atoms with van der Waals surface area (Å²) in [4.78, 5) is 84.3. The summed E-state index contributed by atoms with van der Waals surface area (Å²) in [6.07, 6.45) is 0. The van der Waals surface area contributed by atoms with Crippen molar-refractivity contribution in [2.75, 3.05) is 0 Å². The van der Waals surface area contributed by atoms with E-state index in [1.54, 1.807) is 48.5 Å². The van der Waals surface area contributed by atoms with Gasteiger partial charge in [-0.15, -0.1) is 0 Å². The van der Waals surface area contributed by atoms with Gasteiger partial charge < -0.3 is 49.6 Å². The monoisotopic (exact) mass is 962 g/mol. The molecule has 2 N–H and O–H groups in total. The number of benzene rings is 4. The van der Waals surface area contributed by atoms with Gasteiger partial charge in [-0.3, -0.25) is 0 Å². The standard InChI is InChI=1S/C36H18N8O8.2ClH.2Rh/c45-33(46)21-19-20(22(34(47)48)24(36(51)52)23(21)35(49)50)32-43-30-18-12-6-4-10-16(18)28(41-30)39-26-14-8-2-1-7-13(14)25(37-26)38-27-15-9-3-5-11-17(15)29(40-27)42-31(19)44-32;;;;/h1-12H,(H,45,46)(H,47,48)(H,49,50)(H,51,52)(H2,37,38,39,40,41,42,43,44);2*1H;;/q;;;2*+3/p-6. The van der Waals surface area contributed by atoms with Crippen molar-refractivity contribution in [2.24, 2.45) is 0 Å². The molecule has 16 nitrogen and oxygen atoms in total. The van der Waals surface area contributed by atoms with E-state index >= 15 is 0 Å². The summed E-state index contributed by atoms with van der Waals surface area (Å²) in [7, 11) is 9.06. The van der Waals surface area contributed by atoms with Crippen LogP contribution in [0.2, 0.25) is 0 Å². The molecular weight excluding hydrogens is 949 g/mol. The van der Waals surface area contributed by atoms with E-state index in [1.807, 2.05) is 58.9 Å². The van der Waals surface area contributed by atoms with Crippen LogP contribution in [0.15, 0.2) is 72.8 Å². The molecule has 5 heterocycles. The van der Waals surface area contributed by atoms with Crippen molar-refractivity contribution in [1.82, 2.24) is 39.9 Å². The molecule has 20 heteroatoms. The summed E-state index contributed by atoms with van der Waals surface area (Å²) >= 11 is 4.04. The quantitative estimate of drug-likeness (QED) is 0.238. The predicted molar refractivity (Wildman–Crippen MR) is 185 cm³/mol. The van der Waals surface area contributed by atoms with Crippen molar-refractivity contribution in [3.05, 3.63) is 95.1 Å². The number of carbonyl (C=O) groups excluding carboxylic acids is 4. The number of rotatable bonds is 4. The van der Waals surface area contributed by atoms with E-state index in [2.05, 4.69) is 49.3 Å². The van der Waals surface area contributed by atoms with Gasteiger partial charge in [0, 0.05) is 66.1 Å². The Labute approximate surface area is 340 Å². The summed E-state index contributed by atoms with van der Waals surface area (Å²) < 4.78 is 0. The number of aromatic carboxylic acids is 4. The van der Waals surface area contributed by atoms with Crippen LogP contribution in [0.3, 0.4) is 0 Å². The predicted octanol–water partition coefficient (Wildman–Crippen LogP) is 1.70. The van der Waals surface area contributed by atoms with Gasteiger partial charge >= 0.3 is 54.0 Å². The normalized spacial score (nSPS) is 11.1. The second-order valence-electron chi connectivity index (χ2n) is 11.6. The van der Waals surface area contributed by atoms with Crippen molar-refractivity contribution in [2.45, 2.75) is 0 Å². The van der Waals surface area contributed by atoms with Crippen molar-refractivity contribution in [1.29, 1.82) is 0 Å². The Morgan fingerprint density at radius 2 is 0.679 bits per heavy atom. The molecule has 0 aliphatic carbocycles.